The summed E-state index contributed by atoms with van der Waals surface area (Å²) in [5.74, 6) is 0.801. The number of carbonyl (C=O) groups excluding carboxylic acids is 1. The van der Waals surface area contributed by atoms with Crippen LogP contribution in [0, 0.1) is 0 Å². The largest absolute Gasteiger partial charge is 0.496 e. The van der Waals surface area contributed by atoms with Crippen LogP contribution in [0.4, 0.5) is 0 Å². The molecule has 1 fully saturated rings. The molecule has 2 heterocycles. The number of nitrogens with zero attached hydrogens (tertiary/aromatic N) is 3. The molecule has 1 aliphatic heterocycles. The Labute approximate surface area is 148 Å². The summed E-state index contributed by atoms with van der Waals surface area (Å²) in [5.41, 5.74) is 1.58. The van der Waals surface area contributed by atoms with E-state index in [0.717, 1.165) is 30.7 Å². The second-order valence-corrected chi connectivity index (χ2v) is 6.20. The standard InChI is InChI=1S/C19H25N3O3/c1-3-25-14-16-12-15(7-8-18(16)24-2)19(23)21-10-4-6-17(13-21)22-11-5-9-20-22/h5,7-9,11-12,17H,3-4,6,10,13-14H2,1-2H3/t17-/m1/s1. The van der Waals surface area contributed by atoms with Gasteiger partial charge in [0.15, 0.2) is 0 Å². The summed E-state index contributed by atoms with van der Waals surface area (Å²) < 4.78 is 12.8. The topological polar surface area (TPSA) is 56.6 Å². The molecule has 1 aromatic heterocycles. The van der Waals surface area contributed by atoms with Crippen molar-refractivity contribution in [1.29, 1.82) is 0 Å². The number of methoxy groups -OCH3 is 1. The van der Waals surface area contributed by atoms with Gasteiger partial charge in [-0.2, -0.15) is 5.10 Å². The molecule has 1 aromatic carbocycles. The van der Waals surface area contributed by atoms with E-state index >= 15 is 0 Å². The lowest BCUT2D eigenvalue weighted by Crippen LogP contribution is -2.40. The van der Waals surface area contributed by atoms with E-state index in [1.165, 1.54) is 0 Å². The van der Waals surface area contributed by atoms with Crippen LogP contribution >= 0.6 is 0 Å². The Morgan fingerprint density at radius 2 is 2.28 bits per heavy atom. The van der Waals surface area contributed by atoms with Gasteiger partial charge in [-0.3, -0.25) is 9.48 Å². The summed E-state index contributed by atoms with van der Waals surface area (Å²) in [6, 6.07) is 7.72. The lowest BCUT2D eigenvalue weighted by Gasteiger charge is -2.33. The normalized spacial score (nSPS) is 17.5. The Hall–Kier alpha value is -2.34. The van der Waals surface area contributed by atoms with Crippen LogP contribution < -0.4 is 4.74 Å². The molecule has 134 valence electrons. The van der Waals surface area contributed by atoms with Crippen molar-refractivity contribution in [3.8, 4) is 5.75 Å². The molecule has 3 rings (SSSR count). The fourth-order valence-electron chi connectivity index (χ4n) is 3.27. The number of ether oxygens (including phenoxy) is 2. The third-order valence-corrected chi connectivity index (χ3v) is 4.57. The van der Waals surface area contributed by atoms with Crippen molar-refractivity contribution in [2.24, 2.45) is 0 Å². The lowest BCUT2D eigenvalue weighted by molar-refractivity contribution is 0.0672. The van der Waals surface area contributed by atoms with Crippen LogP contribution in [-0.2, 0) is 11.3 Å². The van der Waals surface area contributed by atoms with Crippen LogP contribution in [0.25, 0.3) is 0 Å². The van der Waals surface area contributed by atoms with Gasteiger partial charge in [0.05, 0.1) is 19.8 Å². The molecule has 6 heteroatoms. The van der Waals surface area contributed by atoms with Gasteiger partial charge in [0.1, 0.15) is 5.75 Å². The number of hydrogen-bond acceptors (Lipinski definition) is 4. The van der Waals surface area contributed by atoms with Gasteiger partial charge in [0.2, 0.25) is 0 Å². The Kier molecular flexibility index (Phi) is 5.71. The molecule has 1 atom stereocenters. The van der Waals surface area contributed by atoms with E-state index < -0.39 is 0 Å². The highest BCUT2D eigenvalue weighted by molar-refractivity contribution is 5.94. The minimum absolute atomic E-state index is 0.0530. The smallest absolute Gasteiger partial charge is 0.253 e. The zero-order valence-electron chi connectivity index (χ0n) is 14.9. The molecule has 6 nitrogen and oxygen atoms in total. The summed E-state index contributed by atoms with van der Waals surface area (Å²) >= 11 is 0. The fraction of sp³-hybridized carbons (Fsp3) is 0.474. The second kappa shape index (κ2) is 8.16. The number of carbonyl (C=O) groups is 1. The van der Waals surface area contributed by atoms with Crippen LogP contribution in [-0.4, -0.2) is 47.4 Å². The molecule has 0 bridgehead atoms. The molecule has 0 aliphatic carbocycles. The monoisotopic (exact) mass is 343 g/mol. The maximum Gasteiger partial charge on any atom is 0.253 e. The molecule has 2 aromatic rings. The van der Waals surface area contributed by atoms with E-state index in [-0.39, 0.29) is 11.9 Å². The molecule has 0 N–H and O–H groups in total. The third-order valence-electron chi connectivity index (χ3n) is 4.57. The minimum atomic E-state index is 0.0530. The number of piperidine rings is 1. The van der Waals surface area contributed by atoms with Crippen molar-refractivity contribution in [3.63, 3.8) is 0 Å². The van der Waals surface area contributed by atoms with Crippen molar-refractivity contribution >= 4 is 5.91 Å². The van der Waals surface area contributed by atoms with E-state index in [1.807, 2.05) is 47.0 Å². The number of likely N-dealkylation sites (tertiary alicyclic amines) is 1. The van der Waals surface area contributed by atoms with Gasteiger partial charge >= 0.3 is 0 Å². The summed E-state index contributed by atoms with van der Waals surface area (Å²) in [6.07, 6.45) is 5.78. The van der Waals surface area contributed by atoms with E-state index in [4.69, 9.17) is 9.47 Å². The van der Waals surface area contributed by atoms with Crippen LogP contribution in [0.15, 0.2) is 36.7 Å². The highest BCUT2D eigenvalue weighted by atomic mass is 16.5. The van der Waals surface area contributed by atoms with Gasteiger partial charge in [0, 0.05) is 43.2 Å². The number of rotatable bonds is 6. The van der Waals surface area contributed by atoms with Crippen molar-refractivity contribution in [1.82, 2.24) is 14.7 Å². The van der Waals surface area contributed by atoms with Crippen LogP contribution in [0.2, 0.25) is 0 Å². The molecule has 0 saturated carbocycles. The maximum absolute atomic E-state index is 13.0. The molecule has 25 heavy (non-hydrogen) atoms. The first-order valence-electron chi connectivity index (χ1n) is 8.76. The quantitative estimate of drug-likeness (QED) is 0.809. The van der Waals surface area contributed by atoms with E-state index in [9.17, 15) is 4.79 Å². The average molecular weight is 343 g/mol. The third kappa shape index (κ3) is 4.02. The Bertz CT molecular complexity index is 700. The second-order valence-electron chi connectivity index (χ2n) is 6.20. The van der Waals surface area contributed by atoms with Gasteiger partial charge in [-0.15, -0.1) is 0 Å². The van der Waals surface area contributed by atoms with E-state index in [1.54, 1.807) is 13.3 Å². The molecular weight excluding hydrogens is 318 g/mol. The summed E-state index contributed by atoms with van der Waals surface area (Å²) in [7, 11) is 1.63. The number of amides is 1. The fourth-order valence-corrected chi connectivity index (χ4v) is 3.27. The number of hydrogen-bond donors (Lipinski definition) is 0. The lowest BCUT2D eigenvalue weighted by atomic mass is 10.0. The van der Waals surface area contributed by atoms with Crippen molar-refractivity contribution in [2.45, 2.75) is 32.4 Å². The predicted molar refractivity (Wildman–Crippen MR) is 94.7 cm³/mol. The van der Waals surface area contributed by atoms with Crippen LogP contribution in [0.1, 0.15) is 41.7 Å². The minimum Gasteiger partial charge on any atom is -0.496 e. The summed E-state index contributed by atoms with van der Waals surface area (Å²) in [6.45, 7) is 4.48. The Morgan fingerprint density at radius 1 is 1.40 bits per heavy atom. The number of benzene rings is 1. The van der Waals surface area contributed by atoms with E-state index in [0.29, 0.717) is 25.3 Å². The molecular formula is C19H25N3O3. The first-order valence-corrected chi connectivity index (χ1v) is 8.76. The van der Waals surface area contributed by atoms with Gasteiger partial charge < -0.3 is 14.4 Å². The molecule has 1 aliphatic rings. The zero-order chi connectivity index (χ0) is 17.6. The Morgan fingerprint density at radius 3 is 3.00 bits per heavy atom. The first-order chi connectivity index (χ1) is 12.2. The maximum atomic E-state index is 13.0. The molecule has 0 spiro atoms. The van der Waals surface area contributed by atoms with E-state index in [2.05, 4.69) is 5.10 Å². The SMILES string of the molecule is CCOCc1cc(C(=O)N2CCC[C@@H](n3cccn3)C2)ccc1OC. The van der Waals surface area contributed by atoms with Gasteiger partial charge in [-0.05, 0) is 44.0 Å². The zero-order valence-corrected chi connectivity index (χ0v) is 14.9. The first kappa shape index (κ1) is 17.5. The van der Waals surface area contributed by atoms with Gasteiger partial charge in [0.25, 0.3) is 5.91 Å². The molecule has 1 amide bonds. The van der Waals surface area contributed by atoms with Gasteiger partial charge in [-0.25, -0.2) is 0 Å². The van der Waals surface area contributed by atoms with Crippen molar-refractivity contribution in [2.75, 3.05) is 26.8 Å². The Balaban J connectivity index is 1.75. The highest BCUT2D eigenvalue weighted by Gasteiger charge is 2.26. The average Bonchev–Trinajstić information content (AvgIpc) is 3.20. The van der Waals surface area contributed by atoms with Crippen LogP contribution in [0.3, 0.4) is 0 Å². The number of aromatic nitrogens is 2. The van der Waals surface area contributed by atoms with Crippen molar-refractivity contribution < 1.29 is 14.3 Å². The summed E-state index contributed by atoms with van der Waals surface area (Å²) in [5, 5.41) is 4.32. The molecule has 0 unspecified atom stereocenters. The predicted octanol–water partition coefficient (Wildman–Crippen LogP) is 2.91. The molecule has 0 radical (unpaired) electrons. The van der Waals surface area contributed by atoms with Gasteiger partial charge in [-0.1, -0.05) is 0 Å². The highest BCUT2D eigenvalue weighted by Crippen LogP contribution is 2.25. The molecule has 1 saturated heterocycles. The van der Waals surface area contributed by atoms with Crippen molar-refractivity contribution in [3.05, 3.63) is 47.8 Å². The summed E-state index contributed by atoms with van der Waals surface area (Å²) in [4.78, 5) is 14.9. The van der Waals surface area contributed by atoms with Crippen LogP contribution in [0.5, 0.6) is 5.75 Å².